The minimum Gasteiger partial charge on any atom is -0.378 e. The van der Waals surface area contributed by atoms with E-state index in [9.17, 15) is 9.59 Å². The lowest BCUT2D eigenvalue weighted by atomic mass is 10.1. The first-order valence-electron chi connectivity index (χ1n) is 10.8. The second kappa shape index (κ2) is 8.66. The summed E-state index contributed by atoms with van der Waals surface area (Å²) in [6.45, 7) is 9.53. The highest BCUT2D eigenvalue weighted by Crippen LogP contribution is 2.23. The van der Waals surface area contributed by atoms with E-state index in [4.69, 9.17) is 9.73 Å². The molecule has 1 fully saturated rings. The number of rotatable bonds is 6. The number of carbonyl (C=O) groups excluding carboxylic acids is 2. The third-order valence-corrected chi connectivity index (χ3v) is 6.10. The quantitative estimate of drug-likeness (QED) is 0.511. The van der Waals surface area contributed by atoms with E-state index in [-0.39, 0.29) is 18.5 Å². The number of benzene rings is 1. The molecule has 9 heteroatoms. The van der Waals surface area contributed by atoms with Crippen molar-refractivity contribution in [1.29, 1.82) is 0 Å². The van der Waals surface area contributed by atoms with E-state index in [1.807, 2.05) is 62.6 Å². The number of fused-ring (bicyclic) bond motifs is 1. The molecule has 32 heavy (non-hydrogen) atoms. The molecule has 0 aliphatic carbocycles. The summed E-state index contributed by atoms with van der Waals surface area (Å²) in [5, 5.41) is 4.65. The number of nitrogens with zero attached hydrogens (tertiary/aromatic N) is 6. The fourth-order valence-electron chi connectivity index (χ4n) is 4.04. The Hall–Kier alpha value is -3.33. The van der Waals surface area contributed by atoms with Crippen molar-refractivity contribution in [3.63, 3.8) is 0 Å². The molecule has 0 spiro atoms. The molecule has 2 aromatic rings. The molecule has 9 nitrogen and oxygen atoms in total. The third kappa shape index (κ3) is 3.62. The molecule has 0 radical (unpaired) electrons. The average Bonchev–Trinajstić information content (AvgIpc) is 3.29. The zero-order chi connectivity index (χ0) is 23.0. The molecule has 1 unspecified atom stereocenters. The predicted molar refractivity (Wildman–Crippen MR) is 120 cm³/mol. The van der Waals surface area contributed by atoms with Gasteiger partial charge in [0, 0.05) is 19.2 Å². The molecule has 3 heterocycles. The van der Waals surface area contributed by atoms with Crippen molar-refractivity contribution in [2.45, 2.75) is 40.3 Å². The Bertz CT molecular complexity index is 1120. The van der Waals surface area contributed by atoms with E-state index in [0.29, 0.717) is 31.6 Å². The number of aromatic nitrogens is 2. The van der Waals surface area contributed by atoms with Crippen LogP contribution in [0.5, 0.6) is 0 Å². The first kappa shape index (κ1) is 21.9. The molecule has 3 amide bonds. The highest BCUT2D eigenvalue weighted by molar-refractivity contribution is 6.22. The Morgan fingerprint density at radius 3 is 2.47 bits per heavy atom. The molecule has 4 rings (SSSR count). The first-order valence-corrected chi connectivity index (χ1v) is 10.8. The highest BCUT2D eigenvalue weighted by atomic mass is 16.5. The second-order valence-electron chi connectivity index (χ2n) is 8.02. The van der Waals surface area contributed by atoms with Crippen molar-refractivity contribution >= 4 is 23.7 Å². The van der Waals surface area contributed by atoms with Crippen LogP contribution in [0.25, 0.3) is 0 Å². The number of ether oxygens (including phenoxy) is 1. The molecule has 0 N–H and O–H groups in total. The van der Waals surface area contributed by atoms with Crippen molar-refractivity contribution in [3.05, 3.63) is 52.8 Å². The second-order valence-corrected chi connectivity index (χ2v) is 8.02. The van der Waals surface area contributed by atoms with Crippen LogP contribution in [0, 0.1) is 20.8 Å². The fourth-order valence-corrected chi connectivity index (χ4v) is 4.04. The number of hydrogen-bond donors (Lipinski definition) is 0. The van der Waals surface area contributed by atoms with Gasteiger partial charge in [0.15, 0.2) is 0 Å². The maximum Gasteiger partial charge on any atom is 0.421 e. The molecule has 0 bridgehead atoms. The number of carbonyl (C=O) groups is 2. The van der Waals surface area contributed by atoms with Crippen LogP contribution in [0.3, 0.4) is 0 Å². The van der Waals surface area contributed by atoms with E-state index >= 15 is 0 Å². The van der Waals surface area contributed by atoms with Gasteiger partial charge < -0.3 is 4.74 Å². The molecule has 168 valence electrons. The maximum atomic E-state index is 13.6. The Kier molecular flexibility index (Phi) is 5.92. The largest absolute Gasteiger partial charge is 0.421 e. The summed E-state index contributed by atoms with van der Waals surface area (Å²) in [5.41, 5.74) is 3.81. The van der Waals surface area contributed by atoms with E-state index in [1.54, 1.807) is 11.7 Å². The number of likely N-dealkylation sites (N-methyl/N-ethyl adjacent to an activating group) is 1. The summed E-state index contributed by atoms with van der Waals surface area (Å²) in [5.74, 6) is 0.662. The SMILES string of the molecule is CCOCC[N+]1=C(n2nc(C)c(C)c2C)N=C2C1C(=O)N(Cc1ccccc1)C(=O)N2C. The Balaban J connectivity index is 1.77. The van der Waals surface area contributed by atoms with Crippen molar-refractivity contribution in [2.75, 3.05) is 26.8 Å². The summed E-state index contributed by atoms with van der Waals surface area (Å²) in [6, 6.07) is 8.41. The van der Waals surface area contributed by atoms with Gasteiger partial charge in [-0.2, -0.15) is 0 Å². The Morgan fingerprint density at radius 1 is 1.12 bits per heavy atom. The number of aliphatic imine (C=N–C) groups is 1. The summed E-state index contributed by atoms with van der Waals surface area (Å²) < 4.78 is 9.24. The first-order chi connectivity index (χ1) is 15.3. The van der Waals surface area contributed by atoms with E-state index < -0.39 is 6.04 Å². The van der Waals surface area contributed by atoms with E-state index in [1.165, 1.54) is 9.80 Å². The fraction of sp³-hybridized carbons (Fsp3) is 0.435. The van der Waals surface area contributed by atoms with Crippen molar-refractivity contribution < 1.29 is 18.9 Å². The third-order valence-electron chi connectivity index (χ3n) is 6.10. The summed E-state index contributed by atoms with van der Waals surface area (Å²) >= 11 is 0. The van der Waals surface area contributed by atoms with Gasteiger partial charge >= 0.3 is 12.0 Å². The zero-order valence-corrected chi connectivity index (χ0v) is 19.2. The molecule has 1 aromatic heterocycles. The number of imide groups is 1. The number of hydrogen-bond acceptors (Lipinski definition) is 5. The predicted octanol–water partition coefficient (Wildman–Crippen LogP) is 1.94. The molecule has 1 aromatic carbocycles. The Morgan fingerprint density at radius 2 is 1.84 bits per heavy atom. The van der Waals surface area contributed by atoms with Gasteiger partial charge in [-0.15, -0.1) is 9.78 Å². The number of aryl methyl sites for hydroxylation is 1. The van der Waals surface area contributed by atoms with Crippen LogP contribution in [0.1, 0.15) is 29.4 Å². The Labute approximate surface area is 187 Å². The molecular weight excluding hydrogens is 408 g/mol. The van der Waals surface area contributed by atoms with Gasteiger partial charge in [0.1, 0.15) is 5.69 Å². The molecule has 1 saturated heterocycles. The average molecular weight is 438 g/mol. The van der Waals surface area contributed by atoms with Crippen LogP contribution in [0.2, 0.25) is 0 Å². The minimum absolute atomic E-state index is 0.209. The standard InChI is InChI=1S/C23H29N6O3/c1-6-32-13-12-27-19-20(24-22(27)29-17(4)15(2)16(3)25-29)26(5)23(31)28(21(19)30)14-18-10-8-7-9-11-18/h7-11,19H,6,12-14H2,1-5H3/q+1. The minimum atomic E-state index is -0.707. The van der Waals surface area contributed by atoms with Crippen molar-refractivity contribution in [3.8, 4) is 0 Å². The van der Waals surface area contributed by atoms with Gasteiger partial charge in [-0.25, -0.2) is 9.37 Å². The van der Waals surface area contributed by atoms with Crippen molar-refractivity contribution in [2.24, 2.45) is 4.99 Å². The number of amides is 3. The monoisotopic (exact) mass is 437 g/mol. The topological polar surface area (TPSA) is 83.0 Å². The van der Waals surface area contributed by atoms with Crippen LogP contribution in [-0.4, -0.2) is 80.7 Å². The molecular formula is C23H29N6O3+. The summed E-state index contributed by atoms with van der Waals surface area (Å²) in [4.78, 5) is 34.2. The lowest BCUT2D eigenvalue weighted by molar-refractivity contribution is -0.540. The van der Waals surface area contributed by atoms with Crippen LogP contribution in [0.15, 0.2) is 35.3 Å². The molecule has 0 saturated carbocycles. The van der Waals surface area contributed by atoms with Crippen LogP contribution >= 0.6 is 0 Å². The van der Waals surface area contributed by atoms with Crippen LogP contribution in [0.4, 0.5) is 4.79 Å². The zero-order valence-electron chi connectivity index (χ0n) is 19.2. The van der Waals surface area contributed by atoms with Crippen LogP contribution < -0.4 is 0 Å². The summed E-state index contributed by atoms with van der Waals surface area (Å²) in [7, 11) is 1.66. The number of amidine groups is 1. The van der Waals surface area contributed by atoms with Gasteiger partial charge in [0.2, 0.25) is 11.9 Å². The van der Waals surface area contributed by atoms with Gasteiger partial charge in [-0.05, 0) is 33.3 Å². The highest BCUT2D eigenvalue weighted by Gasteiger charge is 2.53. The van der Waals surface area contributed by atoms with Gasteiger partial charge in [0.05, 0.1) is 25.4 Å². The molecule has 2 aliphatic rings. The van der Waals surface area contributed by atoms with Gasteiger partial charge in [-0.3, -0.25) is 14.6 Å². The van der Waals surface area contributed by atoms with E-state index in [0.717, 1.165) is 22.5 Å². The smallest absolute Gasteiger partial charge is 0.378 e. The lowest BCUT2D eigenvalue weighted by Crippen LogP contribution is -2.62. The maximum absolute atomic E-state index is 13.6. The lowest BCUT2D eigenvalue weighted by Gasteiger charge is -2.34. The number of urea groups is 1. The molecule has 1 atom stereocenters. The van der Waals surface area contributed by atoms with Gasteiger partial charge in [0.25, 0.3) is 5.91 Å². The van der Waals surface area contributed by atoms with Crippen molar-refractivity contribution in [1.82, 2.24) is 19.6 Å². The van der Waals surface area contributed by atoms with E-state index in [2.05, 4.69) is 5.10 Å². The van der Waals surface area contributed by atoms with Crippen LogP contribution in [-0.2, 0) is 16.1 Å². The molecule has 2 aliphatic heterocycles. The normalized spacial score (nSPS) is 18.5. The summed E-state index contributed by atoms with van der Waals surface area (Å²) in [6.07, 6.45) is 0. The van der Waals surface area contributed by atoms with Gasteiger partial charge in [-0.1, -0.05) is 35.3 Å².